The summed E-state index contributed by atoms with van der Waals surface area (Å²) in [4.78, 5) is 23.4. The largest absolute Gasteiger partial charge is 0.481 e. The molecule has 0 aromatic heterocycles. The number of rotatable bonds is 7. The van der Waals surface area contributed by atoms with Crippen molar-refractivity contribution >= 4 is 27.9 Å². The number of carbonyl (C=O) groups is 2. The third-order valence-electron chi connectivity index (χ3n) is 2.70. The Bertz CT molecular complexity index is 464. The van der Waals surface area contributed by atoms with Crippen LogP contribution in [-0.2, 0) is 16.1 Å². The second kappa shape index (κ2) is 7.25. The first-order valence-corrected chi connectivity index (χ1v) is 6.56. The number of nitrogens with zero attached hydrogens (tertiary/aromatic N) is 1. The molecular formula is C13H16BrNO4. The number of benzene rings is 1. The van der Waals surface area contributed by atoms with Gasteiger partial charge >= 0.3 is 11.9 Å². The van der Waals surface area contributed by atoms with Crippen molar-refractivity contribution in [3.63, 3.8) is 0 Å². The van der Waals surface area contributed by atoms with E-state index < -0.39 is 17.9 Å². The van der Waals surface area contributed by atoms with Crippen LogP contribution in [0.4, 0.5) is 0 Å². The van der Waals surface area contributed by atoms with Crippen molar-refractivity contribution in [1.29, 1.82) is 0 Å². The summed E-state index contributed by atoms with van der Waals surface area (Å²) >= 11 is 3.42. The molecule has 0 amide bonds. The predicted octanol–water partition coefficient (Wildman–Crippen LogP) is 2.06. The van der Waals surface area contributed by atoms with Gasteiger partial charge in [0.05, 0.1) is 12.3 Å². The van der Waals surface area contributed by atoms with Crippen LogP contribution in [0.2, 0.25) is 0 Å². The second-order valence-electron chi connectivity index (χ2n) is 4.42. The summed E-state index contributed by atoms with van der Waals surface area (Å²) in [6, 6.07) is 7.65. The van der Waals surface area contributed by atoms with Gasteiger partial charge in [-0.2, -0.15) is 0 Å². The van der Waals surface area contributed by atoms with Crippen molar-refractivity contribution < 1.29 is 19.8 Å². The lowest BCUT2D eigenvalue weighted by molar-refractivity contribution is -0.148. The Labute approximate surface area is 120 Å². The molecule has 1 unspecified atom stereocenters. The van der Waals surface area contributed by atoms with Crippen LogP contribution >= 0.6 is 15.9 Å². The van der Waals surface area contributed by atoms with Gasteiger partial charge in [0.25, 0.3) is 0 Å². The minimum Gasteiger partial charge on any atom is -0.481 e. The summed E-state index contributed by atoms with van der Waals surface area (Å²) in [6.07, 6.45) is -0.365. The quantitative estimate of drug-likeness (QED) is 0.800. The molecule has 0 bridgehead atoms. The molecule has 1 atom stereocenters. The van der Waals surface area contributed by atoms with E-state index in [1.165, 1.54) is 0 Å². The summed E-state index contributed by atoms with van der Waals surface area (Å²) in [6.45, 7) is 0.758. The Balaban J connectivity index is 2.62. The van der Waals surface area contributed by atoms with Crippen LogP contribution in [0.15, 0.2) is 28.7 Å². The summed E-state index contributed by atoms with van der Waals surface area (Å²) in [5.41, 5.74) is 1.03. The van der Waals surface area contributed by atoms with Crippen molar-refractivity contribution in [2.24, 2.45) is 5.92 Å². The van der Waals surface area contributed by atoms with E-state index in [0.29, 0.717) is 6.54 Å². The summed E-state index contributed by atoms with van der Waals surface area (Å²) in [5, 5.41) is 17.7. The molecule has 0 saturated heterocycles. The highest BCUT2D eigenvalue weighted by molar-refractivity contribution is 9.10. The fourth-order valence-corrected chi connectivity index (χ4v) is 2.21. The van der Waals surface area contributed by atoms with E-state index in [9.17, 15) is 9.59 Å². The minimum absolute atomic E-state index is 0.197. The Morgan fingerprint density at radius 3 is 2.47 bits per heavy atom. The van der Waals surface area contributed by atoms with Crippen LogP contribution in [0, 0.1) is 5.92 Å². The van der Waals surface area contributed by atoms with Crippen LogP contribution in [0.3, 0.4) is 0 Å². The van der Waals surface area contributed by atoms with E-state index in [-0.39, 0.29) is 13.0 Å². The molecule has 19 heavy (non-hydrogen) atoms. The topological polar surface area (TPSA) is 77.8 Å². The monoisotopic (exact) mass is 329 g/mol. The van der Waals surface area contributed by atoms with E-state index >= 15 is 0 Å². The zero-order chi connectivity index (χ0) is 14.4. The molecule has 0 heterocycles. The average Bonchev–Trinajstić information content (AvgIpc) is 2.30. The average molecular weight is 330 g/mol. The summed E-state index contributed by atoms with van der Waals surface area (Å²) in [5.74, 6) is -3.08. The van der Waals surface area contributed by atoms with Gasteiger partial charge in [-0.25, -0.2) is 0 Å². The lowest BCUT2D eigenvalue weighted by Crippen LogP contribution is -2.31. The maximum Gasteiger partial charge on any atom is 0.308 e. The van der Waals surface area contributed by atoms with Gasteiger partial charge in [-0.15, -0.1) is 0 Å². The van der Waals surface area contributed by atoms with E-state index in [0.717, 1.165) is 10.0 Å². The Kier molecular flexibility index (Phi) is 5.98. The minimum atomic E-state index is -1.10. The van der Waals surface area contributed by atoms with E-state index in [1.54, 1.807) is 7.05 Å². The molecular weight excluding hydrogens is 314 g/mol. The number of hydrogen-bond donors (Lipinski definition) is 2. The molecule has 0 aliphatic heterocycles. The normalized spacial score (nSPS) is 12.4. The van der Waals surface area contributed by atoms with Gasteiger partial charge in [-0.1, -0.05) is 34.1 Å². The van der Waals surface area contributed by atoms with Crippen LogP contribution in [0.25, 0.3) is 0 Å². The first-order valence-electron chi connectivity index (χ1n) is 5.76. The third kappa shape index (κ3) is 5.40. The molecule has 0 fully saturated rings. The number of hydrogen-bond acceptors (Lipinski definition) is 3. The first-order chi connectivity index (χ1) is 8.90. The zero-order valence-electron chi connectivity index (χ0n) is 10.5. The Hall–Kier alpha value is -1.40. The first kappa shape index (κ1) is 15.7. The Morgan fingerprint density at radius 2 is 1.95 bits per heavy atom. The van der Waals surface area contributed by atoms with Gasteiger partial charge in [0.1, 0.15) is 0 Å². The summed E-state index contributed by atoms with van der Waals surface area (Å²) < 4.78 is 0.951. The highest BCUT2D eigenvalue weighted by Gasteiger charge is 2.22. The van der Waals surface area contributed by atoms with Crippen molar-refractivity contribution in [3.8, 4) is 0 Å². The second-order valence-corrected chi connectivity index (χ2v) is 5.28. The molecule has 1 rings (SSSR count). The maximum atomic E-state index is 11.0. The van der Waals surface area contributed by atoms with E-state index in [1.807, 2.05) is 29.2 Å². The van der Waals surface area contributed by atoms with Crippen molar-refractivity contribution in [2.75, 3.05) is 13.6 Å². The fourth-order valence-electron chi connectivity index (χ4n) is 1.80. The van der Waals surface area contributed by atoms with Crippen LogP contribution in [0.1, 0.15) is 12.0 Å². The standard InChI is InChI=1S/C13H16BrNO4/c1-15(7-9-4-2-3-5-11(9)14)8-10(13(18)19)6-12(16)17/h2-5,10H,6-8H2,1H3,(H,16,17)(H,18,19). The molecule has 0 aliphatic carbocycles. The lowest BCUT2D eigenvalue weighted by Gasteiger charge is -2.21. The smallest absolute Gasteiger partial charge is 0.308 e. The highest BCUT2D eigenvalue weighted by atomic mass is 79.9. The van der Waals surface area contributed by atoms with Crippen molar-refractivity contribution in [1.82, 2.24) is 4.90 Å². The lowest BCUT2D eigenvalue weighted by atomic mass is 10.1. The predicted molar refractivity (Wildman–Crippen MR) is 73.9 cm³/mol. The molecule has 6 heteroatoms. The van der Waals surface area contributed by atoms with Crippen molar-refractivity contribution in [2.45, 2.75) is 13.0 Å². The molecule has 1 aromatic carbocycles. The molecule has 0 spiro atoms. The van der Waals surface area contributed by atoms with Crippen LogP contribution < -0.4 is 0 Å². The van der Waals surface area contributed by atoms with Gasteiger partial charge in [0, 0.05) is 17.6 Å². The molecule has 0 saturated carbocycles. The van der Waals surface area contributed by atoms with Gasteiger partial charge in [0.15, 0.2) is 0 Å². The molecule has 0 aliphatic rings. The molecule has 5 nitrogen and oxygen atoms in total. The highest BCUT2D eigenvalue weighted by Crippen LogP contribution is 2.18. The summed E-state index contributed by atoms with van der Waals surface area (Å²) in [7, 11) is 1.78. The molecule has 104 valence electrons. The molecule has 1 aromatic rings. The van der Waals surface area contributed by atoms with Crippen LogP contribution in [-0.4, -0.2) is 40.6 Å². The number of carboxylic acids is 2. The molecule has 2 N–H and O–H groups in total. The Morgan fingerprint density at radius 1 is 1.32 bits per heavy atom. The number of aliphatic carboxylic acids is 2. The zero-order valence-corrected chi connectivity index (χ0v) is 12.1. The van der Waals surface area contributed by atoms with Crippen LogP contribution in [0.5, 0.6) is 0 Å². The molecule has 0 radical (unpaired) electrons. The van der Waals surface area contributed by atoms with E-state index in [4.69, 9.17) is 10.2 Å². The van der Waals surface area contributed by atoms with Gasteiger partial charge in [0.2, 0.25) is 0 Å². The van der Waals surface area contributed by atoms with Gasteiger partial charge < -0.3 is 15.1 Å². The maximum absolute atomic E-state index is 11.0. The SMILES string of the molecule is CN(Cc1ccccc1Br)CC(CC(=O)O)C(=O)O. The number of halogens is 1. The van der Waals surface area contributed by atoms with E-state index in [2.05, 4.69) is 15.9 Å². The third-order valence-corrected chi connectivity index (χ3v) is 3.47. The van der Waals surface area contributed by atoms with Gasteiger partial charge in [-0.05, 0) is 18.7 Å². The fraction of sp³-hybridized carbons (Fsp3) is 0.385. The number of carboxylic acid groups (broad SMARTS) is 2. The van der Waals surface area contributed by atoms with Gasteiger partial charge in [-0.3, -0.25) is 9.59 Å². The van der Waals surface area contributed by atoms with Crippen molar-refractivity contribution in [3.05, 3.63) is 34.3 Å².